The van der Waals surface area contributed by atoms with E-state index in [0.717, 1.165) is 64.0 Å². The first-order chi connectivity index (χ1) is 13.1. The molecular weight excluding hydrogens is 467 g/mol. The maximum atomic E-state index is 5.79. The van der Waals surface area contributed by atoms with Crippen molar-refractivity contribution in [2.45, 2.75) is 26.3 Å². The Morgan fingerprint density at radius 3 is 2.61 bits per heavy atom. The summed E-state index contributed by atoms with van der Waals surface area (Å²) in [5, 5.41) is 3.39. The highest BCUT2D eigenvalue weighted by Crippen LogP contribution is 2.15. The smallest absolute Gasteiger partial charge is 0.193 e. The van der Waals surface area contributed by atoms with E-state index in [1.165, 1.54) is 5.56 Å². The van der Waals surface area contributed by atoms with Gasteiger partial charge in [0.25, 0.3) is 0 Å². The van der Waals surface area contributed by atoms with Gasteiger partial charge in [-0.05, 0) is 51.6 Å². The van der Waals surface area contributed by atoms with E-state index in [9.17, 15) is 0 Å². The fourth-order valence-corrected chi connectivity index (χ4v) is 3.10. The number of hydrogen-bond acceptors (Lipinski definition) is 4. The van der Waals surface area contributed by atoms with Crippen LogP contribution in [0.15, 0.2) is 29.3 Å². The van der Waals surface area contributed by atoms with Crippen LogP contribution in [0, 0.1) is 5.92 Å². The summed E-state index contributed by atoms with van der Waals surface area (Å²) >= 11 is 0. The third-order valence-corrected chi connectivity index (χ3v) is 4.61. The minimum absolute atomic E-state index is 0. The number of nitrogens with one attached hydrogen (secondary N) is 1. The standard InChI is InChI=1S/C21H36N4O2.HI/c1-5-22-21(25(4)16-19-11-14-26-17-19)23-15-18-7-9-20(10-8-18)27-13-6-12-24(2)3;/h7-10,19H,5-6,11-17H2,1-4H3,(H,22,23);1H. The zero-order chi connectivity index (χ0) is 19.5. The third kappa shape index (κ3) is 9.43. The molecule has 0 radical (unpaired) electrons. The van der Waals surface area contributed by atoms with Gasteiger partial charge in [-0.15, -0.1) is 24.0 Å². The lowest BCUT2D eigenvalue weighted by Crippen LogP contribution is -2.41. The van der Waals surface area contributed by atoms with Gasteiger partial charge in [-0.1, -0.05) is 12.1 Å². The number of hydrogen-bond donors (Lipinski definition) is 1. The first kappa shape index (κ1) is 25.0. The molecule has 0 saturated carbocycles. The highest BCUT2D eigenvalue weighted by atomic mass is 127. The number of aliphatic imine (C=N–C) groups is 1. The van der Waals surface area contributed by atoms with E-state index >= 15 is 0 Å². The maximum absolute atomic E-state index is 5.79. The van der Waals surface area contributed by atoms with Gasteiger partial charge in [0, 0.05) is 39.2 Å². The van der Waals surface area contributed by atoms with Gasteiger partial charge >= 0.3 is 0 Å². The molecule has 0 spiro atoms. The molecule has 1 unspecified atom stereocenters. The van der Waals surface area contributed by atoms with Gasteiger partial charge in [-0.25, -0.2) is 4.99 Å². The minimum atomic E-state index is 0. The SMILES string of the molecule is CCNC(=NCc1ccc(OCCCN(C)C)cc1)N(C)CC1CCOC1.I. The Morgan fingerprint density at radius 1 is 1.25 bits per heavy atom. The molecule has 28 heavy (non-hydrogen) atoms. The molecule has 0 aromatic heterocycles. The van der Waals surface area contributed by atoms with Crippen LogP contribution in [0.25, 0.3) is 0 Å². The monoisotopic (exact) mass is 504 g/mol. The van der Waals surface area contributed by atoms with Gasteiger partial charge in [0.05, 0.1) is 19.8 Å². The number of halogens is 1. The Balaban J connectivity index is 0.00000392. The summed E-state index contributed by atoms with van der Waals surface area (Å²) in [6.45, 7) is 8.14. The van der Waals surface area contributed by atoms with Crippen LogP contribution in [0.2, 0.25) is 0 Å². The summed E-state index contributed by atoms with van der Waals surface area (Å²) < 4.78 is 11.3. The highest BCUT2D eigenvalue weighted by Gasteiger charge is 2.19. The number of guanidine groups is 1. The largest absolute Gasteiger partial charge is 0.494 e. The van der Waals surface area contributed by atoms with Crippen LogP contribution < -0.4 is 10.1 Å². The zero-order valence-electron chi connectivity index (χ0n) is 17.8. The number of benzene rings is 1. The van der Waals surface area contributed by atoms with Crippen molar-refractivity contribution in [3.05, 3.63) is 29.8 Å². The molecule has 6 nitrogen and oxygen atoms in total. The van der Waals surface area contributed by atoms with Crippen LogP contribution in [0.5, 0.6) is 5.75 Å². The maximum Gasteiger partial charge on any atom is 0.193 e. The summed E-state index contributed by atoms with van der Waals surface area (Å²) in [4.78, 5) is 9.18. The molecular formula is C21H37IN4O2. The Bertz CT molecular complexity index is 560. The Morgan fingerprint density at radius 2 is 2.00 bits per heavy atom. The molecule has 1 aromatic carbocycles. The molecule has 7 heteroatoms. The quantitative estimate of drug-likeness (QED) is 0.230. The molecule has 1 fully saturated rings. The van der Waals surface area contributed by atoms with E-state index in [4.69, 9.17) is 14.5 Å². The molecule has 1 heterocycles. The van der Waals surface area contributed by atoms with Crippen molar-refractivity contribution in [2.75, 3.05) is 60.6 Å². The summed E-state index contributed by atoms with van der Waals surface area (Å²) in [5.41, 5.74) is 1.18. The van der Waals surface area contributed by atoms with Crippen molar-refractivity contribution in [1.82, 2.24) is 15.1 Å². The Hall–Kier alpha value is -1.06. The lowest BCUT2D eigenvalue weighted by molar-refractivity contribution is 0.181. The molecule has 160 valence electrons. The summed E-state index contributed by atoms with van der Waals surface area (Å²) in [5.74, 6) is 2.47. The van der Waals surface area contributed by atoms with Crippen LogP contribution in [0.4, 0.5) is 0 Å². The van der Waals surface area contributed by atoms with Gasteiger partial charge in [0.1, 0.15) is 5.75 Å². The molecule has 1 aromatic rings. The number of rotatable bonds is 10. The van der Waals surface area contributed by atoms with Crippen molar-refractivity contribution < 1.29 is 9.47 Å². The van der Waals surface area contributed by atoms with Gasteiger partial charge in [-0.2, -0.15) is 0 Å². The normalized spacial score (nSPS) is 16.8. The van der Waals surface area contributed by atoms with Crippen molar-refractivity contribution >= 4 is 29.9 Å². The van der Waals surface area contributed by atoms with Gasteiger partial charge in [0.2, 0.25) is 0 Å². The predicted octanol–water partition coefficient (Wildman–Crippen LogP) is 3.07. The fraction of sp³-hybridized carbons (Fsp3) is 0.667. The molecule has 0 amide bonds. The summed E-state index contributed by atoms with van der Waals surface area (Å²) in [6.07, 6.45) is 2.17. The van der Waals surface area contributed by atoms with E-state index < -0.39 is 0 Å². The second-order valence-electron chi connectivity index (χ2n) is 7.43. The van der Waals surface area contributed by atoms with Crippen LogP contribution >= 0.6 is 24.0 Å². The fourth-order valence-electron chi connectivity index (χ4n) is 3.10. The van der Waals surface area contributed by atoms with Crippen molar-refractivity contribution in [3.8, 4) is 5.75 Å². The van der Waals surface area contributed by atoms with Gasteiger partial charge in [0.15, 0.2) is 5.96 Å². The molecule has 0 aliphatic carbocycles. The average molecular weight is 504 g/mol. The lowest BCUT2D eigenvalue weighted by atomic mass is 10.1. The molecule has 2 rings (SSSR count). The Labute approximate surface area is 187 Å². The second-order valence-corrected chi connectivity index (χ2v) is 7.43. The number of ether oxygens (including phenoxy) is 2. The molecule has 1 aliphatic rings. The average Bonchev–Trinajstić information content (AvgIpc) is 3.16. The summed E-state index contributed by atoms with van der Waals surface area (Å²) in [6, 6.07) is 8.26. The molecule has 1 N–H and O–H groups in total. The predicted molar refractivity (Wildman–Crippen MR) is 127 cm³/mol. The van der Waals surface area contributed by atoms with Gasteiger partial charge in [-0.3, -0.25) is 0 Å². The second kappa shape index (κ2) is 14.0. The van der Waals surface area contributed by atoms with Crippen LogP contribution in [0.1, 0.15) is 25.3 Å². The van der Waals surface area contributed by atoms with Gasteiger partial charge < -0.3 is 24.6 Å². The van der Waals surface area contributed by atoms with Crippen LogP contribution in [-0.2, 0) is 11.3 Å². The number of nitrogens with zero attached hydrogens (tertiary/aromatic N) is 3. The van der Waals surface area contributed by atoms with E-state index in [1.807, 2.05) is 12.1 Å². The molecule has 0 bridgehead atoms. The van der Waals surface area contributed by atoms with Crippen LogP contribution in [-0.4, -0.2) is 76.4 Å². The molecule has 1 aliphatic heterocycles. The van der Waals surface area contributed by atoms with Crippen molar-refractivity contribution in [1.29, 1.82) is 0 Å². The third-order valence-electron chi connectivity index (χ3n) is 4.61. The van der Waals surface area contributed by atoms with Crippen LogP contribution in [0.3, 0.4) is 0 Å². The van der Waals surface area contributed by atoms with Crippen molar-refractivity contribution in [2.24, 2.45) is 10.9 Å². The highest BCUT2D eigenvalue weighted by molar-refractivity contribution is 14.0. The zero-order valence-corrected chi connectivity index (χ0v) is 20.1. The first-order valence-corrected chi connectivity index (χ1v) is 10.0. The van der Waals surface area contributed by atoms with E-state index in [-0.39, 0.29) is 24.0 Å². The lowest BCUT2D eigenvalue weighted by Gasteiger charge is -2.24. The molecule has 1 atom stereocenters. The summed E-state index contributed by atoms with van der Waals surface area (Å²) in [7, 11) is 6.26. The van der Waals surface area contributed by atoms with E-state index in [0.29, 0.717) is 12.5 Å². The van der Waals surface area contributed by atoms with E-state index in [2.05, 4.69) is 55.3 Å². The minimum Gasteiger partial charge on any atom is -0.494 e. The molecule has 1 saturated heterocycles. The van der Waals surface area contributed by atoms with E-state index in [1.54, 1.807) is 0 Å². The van der Waals surface area contributed by atoms with Crippen molar-refractivity contribution in [3.63, 3.8) is 0 Å². The first-order valence-electron chi connectivity index (χ1n) is 10.0. The topological polar surface area (TPSA) is 49.3 Å². The Kier molecular flexibility index (Phi) is 12.5.